The average Bonchev–Trinajstić information content (AvgIpc) is 3.76. The molecular weight excluding hydrogens is 653 g/mol. The molecule has 2 nitrogen and oxygen atoms in total. The van der Waals surface area contributed by atoms with E-state index in [-0.39, 0.29) is 0 Å². The highest BCUT2D eigenvalue weighted by atomic mass is 15.0. The van der Waals surface area contributed by atoms with Crippen molar-refractivity contribution in [1.29, 1.82) is 0 Å². The van der Waals surface area contributed by atoms with Crippen molar-refractivity contribution in [2.45, 2.75) is 25.3 Å². The van der Waals surface area contributed by atoms with Crippen molar-refractivity contribution >= 4 is 43.6 Å². The zero-order chi connectivity index (χ0) is 35.6. The minimum absolute atomic E-state index is 0.319. The van der Waals surface area contributed by atoms with Crippen molar-refractivity contribution < 1.29 is 0 Å². The number of allylic oxidation sites excluding steroid dienone is 6. The highest BCUT2D eigenvalue weighted by molar-refractivity contribution is 6.12. The molecule has 2 heterocycles. The summed E-state index contributed by atoms with van der Waals surface area (Å²) in [7, 11) is 0. The molecule has 0 fully saturated rings. The Hall–Kier alpha value is -6.64. The number of rotatable bonds is 5. The summed E-state index contributed by atoms with van der Waals surface area (Å²) >= 11 is 0. The standard InChI is InChI=1S/C52H38N2/c1-2-11-35(12-3-1)38-15-10-16-39(31-38)37-21-26-43(27-22-37)53-49-19-8-6-17-45(49)47-33-41(24-29-51(47)53)42-25-30-52-48(34-42)46-18-7-9-20-50(46)54(52)44-28-23-36-13-4-5-14-40(36)32-44/h1-4,6-13,15-27,29-34,44H,5,14,28H2/t44-/m0/s1. The Morgan fingerprint density at radius 1 is 0.444 bits per heavy atom. The summed E-state index contributed by atoms with van der Waals surface area (Å²) in [4.78, 5) is 0. The van der Waals surface area contributed by atoms with Crippen LogP contribution in [0, 0.1) is 0 Å². The van der Waals surface area contributed by atoms with Crippen LogP contribution in [0.3, 0.4) is 0 Å². The molecule has 256 valence electrons. The normalized spacial score (nSPS) is 15.5. The Morgan fingerprint density at radius 3 is 1.78 bits per heavy atom. The maximum Gasteiger partial charge on any atom is 0.0563 e. The summed E-state index contributed by atoms with van der Waals surface area (Å²) in [5, 5.41) is 5.17. The van der Waals surface area contributed by atoms with Gasteiger partial charge >= 0.3 is 0 Å². The lowest BCUT2D eigenvalue weighted by molar-refractivity contribution is 0.634. The van der Waals surface area contributed by atoms with E-state index in [0.29, 0.717) is 6.04 Å². The van der Waals surface area contributed by atoms with Gasteiger partial charge in [0.25, 0.3) is 0 Å². The third-order valence-corrected chi connectivity index (χ3v) is 11.7. The predicted octanol–water partition coefficient (Wildman–Crippen LogP) is 14.0. The summed E-state index contributed by atoms with van der Waals surface area (Å²) in [6, 6.07) is 60.6. The van der Waals surface area contributed by atoms with E-state index >= 15 is 0 Å². The van der Waals surface area contributed by atoms with E-state index in [1.54, 1.807) is 0 Å². The van der Waals surface area contributed by atoms with Gasteiger partial charge in [0, 0.05) is 38.3 Å². The molecular formula is C52H38N2. The first kappa shape index (κ1) is 30.9. The third kappa shape index (κ3) is 5.02. The summed E-state index contributed by atoms with van der Waals surface area (Å²) in [5.41, 5.74) is 16.5. The molecule has 2 aliphatic rings. The van der Waals surface area contributed by atoms with E-state index in [4.69, 9.17) is 0 Å². The van der Waals surface area contributed by atoms with Crippen molar-refractivity contribution in [1.82, 2.24) is 9.13 Å². The van der Waals surface area contributed by atoms with Crippen molar-refractivity contribution in [3.8, 4) is 39.1 Å². The van der Waals surface area contributed by atoms with Gasteiger partial charge in [-0.2, -0.15) is 0 Å². The number of hydrogen-bond acceptors (Lipinski definition) is 0. The van der Waals surface area contributed by atoms with E-state index in [2.05, 4.69) is 197 Å². The van der Waals surface area contributed by atoms with Crippen LogP contribution in [0.2, 0.25) is 0 Å². The van der Waals surface area contributed by atoms with Crippen LogP contribution in [0.4, 0.5) is 0 Å². The van der Waals surface area contributed by atoms with Gasteiger partial charge in [0.15, 0.2) is 0 Å². The topological polar surface area (TPSA) is 9.86 Å². The molecule has 1 atom stereocenters. The first-order valence-corrected chi connectivity index (χ1v) is 19.2. The zero-order valence-electron chi connectivity index (χ0n) is 30.0. The Morgan fingerprint density at radius 2 is 1.00 bits per heavy atom. The molecule has 0 N–H and O–H groups in total. The largest absolute Gasteiger partial charge is 0.333 e. The van der Waals surface area contributed by atoms with Gasteiger partial charge in [-0.25, -0.2) is 0 Å². The lowest BCUT2D eigenvalue weighted by Crippen LogP contribution is -2.11. The molecule has 11 rings (SSSR count). The Kier molecular flexibility index (Phi) is 7.16. The fourth-order valence-corrected chi connectivity index (χ4v) is 9.09. The van der Waals surface area contributed by atoms with Crippen molar-refractivity contribution in [3.63, 3.8) is 0 Å². The molecule has 7 aromatic carbocycles. The number of benzene rings is 7. The second-order valence-corrected chi connectivity index (χ2v) is 14.8. The van der Waals surface area contributed by atoms with Gasteiger partial charge in [-0.05, 0) is 118 Å². The van der Waals surface area contributed by atoms with Crippen LogP contribution in [0.1, 0.15) is 25.3 Å². The minimum Gasteiger partial charge on any atom is -0.333 e. The SMILES string of the molecule is C1=CC2=CC[C@H](n3c4ccccc4c4cc(-c5ccc6c(c5)c5ccccc5n6-c5ccc(-c6cccc(-c7ccccc7)c6)cc5)ccc43)C=C2CC1. The van der Waals surface area contributed by atoms with Crippen molar-refractivity contribution in [2.75, 3.05) is 0 Å². The van der Waals surface area contributed by atoms with Crippen LogP contribution < -0.4 is 0 Å². The quantitative estimate of drug-likeness (QED) is 0.170. The van der Waals surface area contributed by atoms with E-state index < -0.39 is 0 Å². The van der Waals surface area contributed by atoms with Crippen LogP contribution in [0.25, 0.3) is 82.7 Å². The average molecular weight is 691 g/mol. The Balaban J connectivity index is 0.984. The van der Waals surface area contributed by atoms with Gasteiger partial charge in [0.2, 0.25) is 0 Å². The molecule has 54 heavy (non-hydrogen) atoms. The lowest BCUT2D eigenvalue weighted by Gasteiger charge is -2.25. The van der Waals surface area contributed by atoms with Gasteiger partial charge < -0.3 is 9.13 Å². The van der Waals surface area contributed by atoms with Gasteiger partial charge in [0.05, 0.1) is 17.1 Å². The number of aromatic nitrogens is 2. The molecule has 0 spiro atoms. The third-order valence-electron chi connectivity index (χ3n) is 11.7. The molecule has 0 amide bonds. The molecule has 2 heteroatoms. The van der Waals surface area contributed by atoms with Crippen molar-refractivity contribution in [2.24, 2.45) is 0 Å². The molecule has 0 unspecified atom stereocenters. The van der Waals surface area contributed by atoms with E-state index in [0.717, 1.165) is 24.9 Å². The van der Waals surface area contributed by atoms with Gasteiger partial charge in [-0.1, -0.05) is 133 Å². The number of hydrogen-bond donors (Lipinski definition) is 0. The van der Waals surface area contributed by atoms with E-state index in [9.17, 15) is 0 Å². The van der Waals surface area contributed by atoms with E-state index in [1.807, 2.05) is 0 Å². The fourth-order valence-electron chi connectivity index (χ4n) is 9.09. The van der Waals surface area contributed by atoms with Gasteiger partial charge in [-0.3, -0.25) is 0 Å². The summed E-state index contributed by atoms with van der Waals surface area (Å²) in [5.74, 6) is 0. The summed E-state index contributed by atoms with van der Waals surface area (Å²) in [6.45, 7) is 0. The first-order valence-electron chi connectivity index (χ1n) is 19.2. The lowest BCUT2D eigenvalue weighted by atomic mass is 9.88. The second kappa shape index (κ2) is 12.5. The predicted molar refractivity (Wildman–Crippen MR) is 228 cm³/mol. The number of nitrogens with zero attached hydrogens (tertiary/aromatic N) is 2. The van der Waals surface area contributed by atoms with Crippen LogP contribution in [0.5, 0.6) is 0 Å². The number of para-hydroxylation sites is 2. The van der Waals surface area contributed by atoms with E-state index in [1.165, 1.54) is 88.1 Å². The van der Waals surface area contributed by atoms with Crippen LogP contribution in [-0.4, -0.2) is 9.13 Å². The molecule has 2 aromatic heterocycles. The molecule has 0 radical (unpaired) electrons. The van der Waals surface area contributed by atoms with Gasteiger partial charge in [0.1, 0.15) is 0 Å². The highest BCUT2D eigenvalue weighted by Crippen LogP contribution is 2.41. The smallest absolute Gasteiger partial charge is 0.0563 e. The molecule has 9 aromatic rings. The number of fused-ring (bicyclic) bond motifs is 7. The van der Waals surface area contributed by atoms with Gasteiger partial charge in [-0.15, -0.1) is 0 Å². The Bertz CT molecular complexity index is 3000. The van der Waals surface area contributed by atoms with Crippen LogP contribution in [0.15, 0.2) is 199 Å². The molecule has 0 bridgehead atoms. The fraction of sp³-hybridized carbons (Fsp3) is 0.0769. The van der Waals surface area contributed by atoms with Crippen LogP contribution in [-0.2, 0) is 0 Å². The minimum atomic E-state index is 0.319. The summed E-state index contributed by atoms with van der Waals surface area (Å²) in [6.07, 6.45) is 12.9. The monoisotopic (exact) mass is 690 g/mol. The molecule has 0 saturated carbocycles. The summed E-state index contributed by atoms with van der Waals surface area (Å²) < 4.78 is 4.99. The maximum absolute atomic E-state index is 2.58. The van der Waals surface area contributed by atoms with Crippen LogP contribution >= 0.6 is 0 Å². The highest BCUT2D eigenvalue weighted by Gasteiger charge is 2.22. The zero-order valence-corrected chi connectivity index (χ0v) is 30.0. The molecule has 0 aliphatic heterocycles. The Labute approximate surface area is 315 Å². The molecule has 2 aliphatic carbocycles. The maximum atomic E-state index is 2.58. The second-order valence-electron chi connectivity index (χ2n) is 14.8. The molecule has 0 saturated heterocycles. The van der Waals surface area contributed by atoms with Crippen molar-refractivity contribution in [3.05, 3.63) is 199 Å². The first-order chi connectivity index (χ1) is 26.8.